The summed E-state index contributed by atoms with van der Waals surface area (Å²) in [5.74, 6) is 0.569. The summed E-state index contributed by atoms with van der Waals surface area (Å²) in [6, 6.07) is 17.7. The maximum absolute atomic E-state index is 9.04. The van der Waals surface area contributed by atoms with Crippen molar-refractivity contribution in [3.8, 4) is 11.8 Å². The maximum atomic E-state index is 9.04. The molecule has 3 heteroatoms. The number of hydrogen-bond acceptors (Lipinski definition) is 2. The highest BCUT2D eigenvalue weighted by molar-refractivity contribution is 6.31. The molecule has 0 amide bonds. The highest BCUT2D eigenvalue weighted by Crippen LogP contribution is 2.25. The first-order chi connectivity index (χ1) is 9.81. The number of rotatable bonds is 6. The summed E-state index contributed by atoms with van der Waals surface area (Å²) < 4.78 is 5.64. The standard InChI is InChI=1S/C17H16ClNO/c18-16-10-6-11-17(15(16)13-19)20-12-5-4-9-14-7-2-1-3-8-14/h1-3,6-8,10-11H,4-5,9,12H2. The van der Waals surface area contributed by atoms with Gasteiger partial charge in [-0.05, 0) is 37.0 Å². The van der Waals surface area contributed by atoms with Gasteiger partial charge in [-0.3, -0.25) is 0 Å². The Hall–Kier alpha value is -1.98. The van der Waals surface area contributed by atoms with E-state index < -0.39 is 0 Å². The third-order valence-corrected chi connectivity index (χ3v) is 3.36. The van der Waals surface area contributed by atoms with Gasteiger partial charge in [-0.1, -0.05) is 48.0 Å². The Labute approximate surface area is 124 Å². The average Bonchev–Trinajstić information content (AvgIpc) is 2.48. The summed E-state index contributed by atoms with van der Waals surface area (Å²) in [7, 11) is 0. The Morgan fingerprint density at radius 2 is 1.80 bits per heavy atom. The predicted molar refractivity (Wildman–Crippen MR) is 81.0 cm³/mol. The molecule has 20 heavy (non-hydrogen) atoms. The topological polar surface area (TPSA) is 33.0 Å². The second kappa shape index (κ2) is 7.57. The van der Waals surface area contributed by atoms with E-state index in [0.29, 0.717) is 22.9 Å². The first kappa shape index (κ1) is 14.4. The van der Waals surface area contributed by atoms with Crippen LogP contribution in [0.4, 0.5) is 0 Å². The number of nitriles is 1. The molecule has 0 aliphatic carbocycles. The monoisotopic (exact) mass is 285 g/mol. The van der Waals surface area contributed by atoms with Crippen LogP contribution in [0.2, 0.25) is 5.02 Å². The second-order valence-corrected chi connectivity index (χ2v) is 4.92. The lowest BCUT2D eigenvalue weighted by molar-refractivity contribution is 0.306. The smallest absolute Gasteiger partial charge is 0.138 e. The van der Waals surface area contributed by atoms with Crippen molar-refractivity contribution in [3.63, 3.8) is 0 Å². The van der Waals surface area contributed by atoms with Crippen molar-refractivity contribution in [2.45, 2.75) is 19.3 Å². The van der Waals surface area contributed by atoms with Gasteiger partial charge in [0.2, 0.25) is 0 Å². The summed E-state index contributed by atoms with van der Waals surface area (Å²) in [5, 5.41) is 9.48. The quantitative estimate of drug-likeness (QED) is 0.726. The van der Waals surface area contributed by atoms with Gasteiger partial charge in [0.25, 0.3) is 0 Å². The highest BCUT2D eigenvalue weighted by atomic mass is 35.5. The lowest BCUT2D eigenvalue weighted by Gasteiger charge is -2.08. The van der Waals surface area contributed by atoms with Gasteiger partial charge in [-0.2, -0.15) is 5.26 Å². The van der Waals surface area contributed by atoms with E-state index in [1.54, 1.807) is 18.2 Å². The maximum Gasteiger partial charge on any atom is 0.138 e. The lowest BCUT2D eigenvalue weighted by atomic mass is 10.1. The van der Waals surface area contributed by atoms with Gasteiger partial charge in [0.15, 0.2) is 0 Å². The van der Waals surface area contributed by atoms with Crippen molar-refractivity contribution in [2.24, 2.45) is 0 Å². The largest absolute Gasteiger partial charge is 0.492 e. The summed E-state index contributed by atoms with van der Waals surface area (Å²) in [6.45, 7) is 0.599. The Morgan fingerprint density at radius 3 is 2.55 bits per heavy atom. The fourth-order valence-corrected chi connectivity index (χ4v) is 2.20. The van der Waals surface area contributed by atoms with E-state index in [1.165, 1.54) is 5.56 Å². The van der Waals surface area contributed by atoms with Crippen molar-refractivity contribution >= 4 is 11.6 Å². The van der Waals surface area contributed by atoms with Crippen LogP contribution in [0.1, 0.15) is 24.0 Å². The zero-order valence-electron chi connectivity index (χ0n) is 11.2. The third-order valence-electron chi connectivity index (χ3n) is 3.05. The minimum Gasteiger partial charge on any atom is -0.492 e. The molecule has 0 spiro atoms. The van der Waals surface area contributed by atoms with Gasteiger partial charge in [0.05, 0.1) is 11.6 Å². The molecule has 2 nitrogen and oxygen atoms in total. The fraction of sp³-hybridized carbons (Fsp3) is 0.235. The normalized spacial score (nSPS) is 10.0. The summed E-state index contributed by atoms with van der Waals surface area (Å²) in [5.41, 5.74) is 1.75. The fourth-order valence-electron chi connectivity index (χ4n) is 1.99. The van der Waals surface area contributed by atoms with Gasteiger partial charge in [0, 0.05) is 0 Å². The van der Waals surface area contributed by atoms with E-state index >= 15 is 0 Å². The molecule has 0 saturated carbocycles. The number of benzene rings is 2. The van der Waals surface area contributed by atoms with E-state index in [9.17, 15) is 0 Å². The third kappa shape index (κ3) is 4.01. The van der Waals surface area contributed by atoms with E-state index in [-0.39, 0.29) is 0 Å². The molecule has 0 radical (unpaired) electrons. The summed E-state index contributed by atoms with van der Waals surface area (Å²) >= 11 is 5.95. The summed E-state index contributed by atoms with van der Waals surface area (Å²) in [4.78, 5) is 0. The van der Waals surface area contributed by atoms with Crippen LogP contribution in [0.5, 0.6) is 5.75 Å². The van der Waals surface area contributed by atoms with Crippen LogP contribution in [-0.2, 0) is 6.42 Å². The van der Waals surface area contributed by atoms with Crippen LogP contribution in [0.3, 0.4) is 0 Å². The van der Waals surface area contributed by atoms with Gasteiger partial charge in [-0.15, -0.1) is 0 Å². The Kier molecular flexibility index (Phi) is 5.46. The zero-order valence-corrected chi connectivity index (χ0v) is 11.9. The molecule has 2 aromatic rings. The first-order valence-electron chi connectivity index (χ1n) is 6.66. The van der Waals surface area contributed by atoms with E-state index in [1.807, 2.05) is 6.07 Å². The molecule has 0 saturated heterocycles. The minimum absolute atomic E-state index is 0.414. The van der Waals surface area contributed by atoms with Crippen molar-refractivity contribution in [2.75, 3.05) is 6.61 Å². The summed E-state index contributed by atoms with van der Waals surface area (Å²) in [6.07, 6.45) is 3.06. The molecule has 0 heterocycles. The predicted octanol–water partition coefficient (Wildman–Crippen LogP) is 4.61. The number of hydrogen-bond donors (Lipinski definition) is 0. The molecule has 0 bridgehead atoms. The number of halogens is 1. The van der Waals surface area contributed by atoms with Crippen molar-refractivity contribution in [3.05, 3.63) is 64.7 Å². The molecule has 2 rings (SSSR count). The van der Waals surface area contributed by atoms with Crippen LogP contribution in [0, 0.1) is 11.3 Å². The minimum atomic E-state index is 0.414. The SMILES string of the molecule is N#Cc1c(Cl)cccc1OCCCCc1ccccc1. The molecule has 0 fully saturated rings. The molecule has 2 aromatic carbocycles. The van der Waals surface area contributed by atoms with Crippen molar-refractivity contribution < 1.29 is 4.74 Å². The molecule has 0 unspecified atom stereocenters. The van der Waals surface area contributed by atoms with Crippen LogP contribution < -0.4 is 4.74 Å². The van der Waals surface area contributed by atoms with E-state index in [0.717, 1.165) is 19.3 Å². The molecular weight excluding hydrogens is 270 g/mol. The van der Waals surface area contributed by atoms with Crippen LogP contribution in [0.25, 0.3) is 0 Å². The van der Waals surface area contributed by atoms with E-state index in [4.69, 9.17) is 21.6 Å². The van der Waals surface area contributed by atoms with Crippen molar-refractivity contribution in [1.82, 2.24) is 0 Å². The second-order valence-electron chi connectivity index (χ2n) is 4.52. The zero-order chi connectivity index (χ0) is 14.2. The lowest BCUT2D eigenvalue weighted by Crippen LogP contribution is -2.00. The molecule has 0 aliphatic heterocycles. The van der Waals surface area contributed by atoms with E-state index in [2.05, 4.69) is 30.3 Å². The Morgan fingerprint density at radius 1 is 1.00 bits per heavy atom. The molecular formula is C17H16ClNO. The molecule has 0 aromatic heterocycles. The molecule has 0 N–H and O–H groups in total. The van der Waals surface area contributed by atoms with Crippen LogP contribution >= 0.6 is 11.6 Å². The van der Waals surface area contributed by atoms with Crippen molar-refractivity contribution in [1.29, 1.82) is 5.26 Å². The number of aryl methyl sites for hydroxylation is 1. The average molecular weight is 286 g/mol. The van der Waals surface area contributed by atoms with Gasteiger partial charge in [-0.25, -0.2) is 0 Å². The number of unbranched alkanes of at least 4 members (excludes halogenated alkanes) is 1. The van der Waals surface area contributed by atoms with Gasteiger partial charge >= 0.3 is 0 Å². The Bertz CT molecular complexity index is 590. The Balaban J connectivity index is 1.77. The highest BCUT2D eigenvalue weighted by Gasteiger charge is 2.06. The van der Waals surface area contributed by atoms with Gasteiger partial charge < -0.3 is 4.74 Å². The first-order valence-corrected chi connectivity index (χ1v) is 7.04. The van der Waals surface area contributed by atoms with Crippen LogP contribution in [0.15, 0.2) is 48.5 Å². The van der Waals surface area contributed by atoms with Crippen LogP contribution in [-0.4, -0.2) is 6.61 Å². The number of nitrogens with zero attached hydrogens (tertiary/aromatic N) is 1. The number of ether oxygens (including phenoxy) is 1. The molecule has 0 aliphatic rings. The van der Waals surface area contributed by atoms with Gasteiger partial charge in [0.1, 0.15) is 17.4 Å². The molecule has 102 valence electrons. The molecule has 0 atom stereocenters.